The molecule has 0 amide bonds. The quantitative estimate of drug-likeness (QED) is 0.621. The third-order valence-electron chi connectivity index (χ3n) is 3.97. The van der Waals surface area contributed by atoms with E-state index in [9.17, 15) is 0 Å². The van der Waals surface area contributed by atoms with E-state index >= 15 is 0 Å². The highest BCUT2D eigenvalue weighted by atomic mass is 14.9. The van der Waals surface area contributed by atoms with E-state index in [1.54, 1.807) is 0 Å². The maximum absolute atomic E-state index is 5.93. The van der Waals surface area contributed by atoms with Crippen molar-refractivity contribution in [3.8, 4) is 0 Å². The summed E-state index contributed by atoms with van der Waals surface area (Å²) in [6.07, 6.45) is 5.69. The minimum Gasteiger partial charge on any atom is -0.316 e. The molecule has 0 aromatic carbocycles. The SMILES string of the molecule is CCC(CC)CC(CC)(CC)C(N)N. The van der Waals surface area contributed by atoms with Crippen molar-refractivity contribution in [2.75, 3.05) is 0 Å². The summed E-state index contributed by atoms with van der Waals surface area (Å²) in [7, 11) is 0. The molecule has 0 saturated heterocycles. The molecule has 0 rings (SSSR count). The topological polar surface area (TPSA) is 52.0 Å². The van der Waals surface area contributed by atoms with Crippen molar-refractivity contribution < 1.29 is 0 Å². The molecule has 0 radical (unpaired) electrons. The van der Waals surface area contributed by atoms with Crippen LogP contribution in [-0.4, -0.2) is 6.17 Å². The molecule has 0 aliphatic rings. The number of rotatable bonds is 7. The van der Waals surface area contributed by atoms with E-state index in [2.05, 4.69) is 27.7 Å². The van der Waals surface area contributed by atoms with E-state index in [1.165, 1.54) is 19.3 Å². The van der Waals surface area contributed by atoms with Gasteiger partial charge in [0.2, 0.25) is 0 Å². The lowest BCUT2D eigenvalue weighted by molar-refractivity contribution is 0.148. The summed E-state index contributed by atoms with van der Waals surface area (Å²) in [6, 6.07) is 0. The van der Waals surface area contributed by atoms with Gasteiger partial charge in [-0.1, -0.05) is 40.5 Å². The van der Waals surface area contributed by atoms with E-state index in [0.29, 0.717) is 0 Å². The Kier molecular flexibility index (Phi) is 6.38. The summed E-state index contributed by atoms with van der Waals surface area (Å²) in [5.74, 6) is 0.782. The van der Waals surface area contributed by atoms with Crippen molar-refractivity contribution in [3.63, 3.8) is 0 Å². The minimum atomic E-state index is -0.168. The fraction of sp³-hybridized carbons (Fsp3) is 1.00. The van der Waals surface area contributed by atoms with Crippen LogP contribution < -0.4 is 11.5 Å². The van der Waals surface area contributed by atoms with Gasteiger partial charge in [0.1, 0.15) is 0 Å². The fourth-order valence-corrected chi connectivity index (χ4v) is 2.30. The van der Waals surface area contributed by atoms with Crippen LogP contribution in [0.3, 0.4) is 0 Å². The summed E-state index contributed by atoms with van der Waals surface area (Å²) in [6.45, 7) is 8.93. The first-order valence-corrected chi connectivity index (χ1v) is 6.07. The van der Waals surface area contributed by atoms with Crippen LogP contribution in [0.1, 0.15) is 59.8 Å². The predicted molar refractivity (Wildman–Crippen MR) is 63.9 cm³/mol. The smallest absolute Gasteiger partial charge is 0.0578 e. The Bertz CT molecular complexity index is 135. The maximum Gasteiger partial charge on any atom is 0.0578 e. The Morgan fingerprint density at radius 2 is 1.36 bits per heavy atom. The molecule has 0 heterocycles. The maximum atomic E-state index is 5.93. The summed E-state index contributed by atoms with van der Waals surface area (Å²) in [5.41, 5.74) is 12.0. The lowest BCUT2D eigenvalue weighted by atomic mass is 9.72. The highest BCUT2D eigenvalue weighted by Gasteiger charge is 2.32. The average molecular weight is 200 g/mol. The van der Waals surface area contributed by atoms with Gasteiger partial charge in [-0.05, 0) is 30.6 Å². The van der Waals surface area contributed by atoms with Gasteiger partial charge in [0.15, 0.2) is 0 Å². The average Bonchev–Trinajstić information content (AvgIpc) is 2.20. The Hall–Kier alpha value is -0.0800. The summed E-state index contributed by atoms with van der Waals surface area (Å²) >= 11 is 0. The van der Waals surface area contributed by atoms with Crippen molar-refractivity contribution in [1.82, 2.24) is 0 Å². The zero-order chi connectivity index (χ0) is 11.2. The Morgan fingerprint density at radius 3 is 1.57 bits per heavy atom. The van der Waals surface area contributed by atoms with Crippen LogP contribution in [-0.2, 0) is 0 Å². The van der Waals surface area contributed by atoms with Crippen molar-refractivity contribution in [1.29, 1.82) is 0 Å². The molecule has 0 aromatic heterocycles. The monoisotopic (exact) mass is 200 g/mol. The molecule has 2 nitrogen and oxygen atoms in total. The third-order valence-corrected chi connectivity index (χ3v) is 3.97. The van der Waals surface area contributed by atoms with Gasteiger partial charge in [-0.25, -0.2) is 0 Å². The standard InChI is InChI=1S/C12H28N2/c1-5-10(6-2)9-12(7-3,8-4)11(13)14/h10-11H,5-9,13-14H2,1-4H3. The normalized spacial score (nSPS) is 12.9. The highest BCUT2D eigenvalue weighted by Crippen LogP contribution is 2.37. The summed E-state index contributed by atoms with van der Waals surface area (Å²) in [5, 5.41) is 0. The van der Waals surface area contributed by atoms with Crippen molar-refractivity contribution in [2.45, 2.75) is 66.0 Å². The van der Waals surface area contributed by atoms with Crippen LogP contribution in [0.5, 0.6) is 0 Å². The summed E-state index contributed by atoms with van der Waals surface area (Å²) in [4.78, 5) is 0. The Morgan fingerprint density at radius 1 is 0.929 bits per heavy atom. The van der Waals surface area contributed by atoms with Gasteiger partial charge in [-0.2, -0.15) is 0 Å². The Balaban J connectivity index is 4.48. The van der Waals surface area contributed by atoms with Gasteiger partial charge in [-0.15, -0.1) is 0 Å². The van der Waals surface area contributed by atoms with Gasteiger partial charge in [-0.3, -0.25) is 0 Å². The van der Waals surface area contributed by atoms with Crippen LogP contribution in [0.15, 0.2) is 0 Å². The second kappa shape index (κ2) is 6.41. The molecular weight excluding hydrogens is 172 g/mol. The van der Waals surface area contributed by atoms with Crippen molar-refractivity contribution in [3.05, 3.63) is 0 Å². The van der Waals surface area contributed by atoms with Crippen molar-refractivity contribution in [2.24, 2.45) is 22.8 Å². The molecule has 2 heteroatoms. The van der Waals surface area contributed by atoms with Gasteiger partial charge in [0, 0.05) is 0 Å². The zero-order valence-electron chi connectivity index (χ0n) is 10.3. The Labute approximate surface area is 89.4 Å². The molecule has 0 atom stereocenters. The van der Waals surface area contributed by atoms with Crippen LogP contribution in [0, 0.1) is 11.3 Å². The first-order chi connectivity index (χ1) is 6.56. The van der Waals surface area contributed by atoms with Crippen LogP contribution in [0.2, 0.25) is 0 Å². The van der Waals surface area contributed by atoms with Gasteiger partial charge in [0.05, 0.1) is 6.17 Å². The molecule has 0 fully saturated rings. The van der Waals surface area contributed by atoms with Crippen LogP contribution >= 0.6 is 0 Å². The molecule has 0 aliphatic carbocycles. The van der Waals surface area contributed by atoms with E-state index in [1.807, 2.05) is 0 Å². The van der Waals surface area contributed by atoms with Crippen LogP contribution in [0.4, 0.5) is 0 Å². The fourth-order valence-electron chi connectivity index (χ4n) is 2.30. The molecular formula is C12H28N2. The molecule has 0 aromatic rings. The first kappa shape index (κ1) is 13.9. The summed E-state index contributed by atoms with van der Waals surface area (Å²) < 4.78 is 0. The number of hydrogen-bond donors (Lipinski definition) is 2. The van der Waals surface area contributed by atoms with E-state index in [0.717, 1.165) is 18.8 Å². The first-order valence-electron chi connectivity index (χ1n) is 6.07. The molecule has 0 aliphatic heterocycles. The van der Waals surface area contributed by atoms with Crippen LogP contribution in [0.25, 0.3) is 0 Å². The van der Waals surface area contributed by atoms with Gasteiger partial charge < -0.3 is 11.5 Å². The minimum absolute atomic E-state index is 0.163. The second-order valence-electron chi connectivity index (χ2n) is 4.48. The molecule has 4 N–H and O–H groups in total. The largest absolute Gasteiger partial charge is 0.316 e. The number of nitrogens with two attached hydrogens (primary N) is 2. The number of hydrogen-bond acceptors (Lipinski definition) is 2. The molecule has 0 saturated carbocycles. The highest BCUT2D eigenvalue weighted by molar-refractivity contribution is 4.85. The lowest BCUT2D eigenvalue weighted by Crippen LogP contribution is -2.48. The van der Waals surface area contributed by atoms with Crippen molar-refractivity contribution >= 4 is 0 Å². The molecule has 0 spiro atoms. The van der Waals surface area contributed by atoms with Gasteiger partial charge >= 0.3 is 0 Å². The lowest BCUT2D eigenvalue weighted by Gasteiger charge is -2.38. The second-order valence-corrected chi connectivity index (χ2v) is 4.48. The van der Waals surface area contributed by atoms with E-state index < -0.39 is 0 Å². The van der Waals surface area contributed by atoms with Gasteiger partial charge in [0.25, 0.3) is 0 Å². The molecule has 0 unspecified atom stereocenters. The zero-order valence-corrected chi connectivity index (χ0v) is 10.3. The predicted octanol–water partition coefficient (Wildman–Crippen LogP) is 2.86. The third kappa shape index (κ3) is 3.25. The van der Waals surface area contributed by atoms with E-state index in [-0.39, 0.29) is 11.6 Å². The molecule has 86 valence electrons. The molecule has 0 bridgehead atoms. The van der Waals surface area contributed by atoms with E-state index in [4.69, 9.17) is 11.5 Å². The molecule has 14 heavy (non-hydrogen) atoms.